The number of aryl methyl sites for hydroxylation is 1. The van der Waals surface area contributed by atoms with Gasteiger partial charge in [-0.05, 0) is 61.4 Å². The van der Waals surface area contributed by atoms with E-state index in [2.05, 4.69) is 16.4 Å². The van der Waals surface area contributed by atoms with Crippen LogP contribution in [-0.4, -0.2) is 22.0 Å². The van der Waals surface area contributed by atoms with Gasteiger partial charge in [-0.1, -0.05) is 19.1 Å². The van der Waals surface area contributed by atoms with Crippen molar-refractivity contribution >= 4 is 34.2 Å². The van der Waals surface area contributed by atoms with E-state index in [9.17, 15) is 10.1 Å². The van der Waals surface area contributed by atoms with Gasteiger partial charge in [0, 0.05) is 5.69 Å². The van der Waals surface area contributed by atoms with Gasteiger partial charge in [0.05, 0.1) is 28.8 Å². The van der Waals surface area contributed by atoms with E-state index in [1.54, 1.807) is 12.1 Å². The van der Waals surface area contributed by atoms with E-state index in [0.717, 1.165) is 34.5 Å². The Kier molecular flexibility index (Phi) is 4.88. The van der Waals surface area contributed by atoms with E-state index in [-0.39, 0.29) is 5.97 Å². The lowest BCUT2D eigenvalue weighted by Gasteiger charge is -2.13. The van der Waals surface area contributed by atoms with Crippen molar-refractivity contribution in [2.75, 3.05) is 11.9 Å². The summed E-state index contributed by atoms with van der Waals surface area (Å²) in [5.41, 5.74) is 5.10. The van der Waals surface area contributed by atoms with Crippen LogP contribution in [0.5, 0.6) is 0 Å². The van der Waals surface area contributed by atoms with E-state index >= 15 is 0 Å². The molecule has 2 heterocycles. The molecule has 0 atom stereocenters. The molecule has 0 spiro atoms. The van der Waals surface area contributed by atoms with Crippen molar-refractivity contribution in [3.63, 3.8) is 0 Å². The van der Waals surface area contributed by atoms with Gasteiger partial charge in [0.1, 0.15) is 11.9 Å². The van der Waals surface area contributed by atoms with Crippen LogP contribution in [0.3, 0.4) is 0 Å². The predicted octanol–water partition coefficient (Wildman–Crippen LogP) is 4.98. The summed E-state index contributed by atoms with van der Waals surface area (Å²) < 4.78 is 7.12. The summed E-state index contributed by atoms with van der Waals surface area (Å²) in [5, 5.41) is 13.0. The molecule has 0 aliphatic heterocycles. The summed E-state index contributed by atoms with van der Waals surface area (Å²) in [5.74, 6) is 0.474. The highest BCUT2D eigenvalue weighted by molar-refractivity contribution is 5.90. The maximum atomic E-state index is 12.0. The number of carbonyl (C=O) groups is 1. The lowest BCUT2D eigenvalue weighted by atomic mass is 10.1. The molecule has 0 radical (unpaired) electrons. The molecule has 0 unspecified atom stereocenters. The Labute approximate surface area is 168 Å². The monoisotopic (exact) mass is 384 g/mol. The zero-order chi connectivity index (χ0) is 20.4. The van der Waals surface area contributed by atoms with Crippen molar-refractivity contribution in [1.82, 2.24) is 9.38 Å². The SMILES string of the molecule is CCCOC(=O)c1ccc(Nc2cc(C)c(C#N)c3nc4ccccc4n23)cc1. The smallest absolute Gasteiger partial charge is 0.338 e. The van der Waals surface area contributed by atoms with Gasteiger partial charge in [-0.15, -0.1) is 0 Å². The number of aromatic nitrogens is 2. The number of pyridine rings is 1. The molecule has 6 nitrogen and oxygen atoms in total. The van der Waals surface area contributed by atoms with Gasteiger partial charge in [-0.25, -0.2) is 9.78 Å². The van der Waals surface area contributed by atoms with E-state index in [4.69, 9.17) is 4.74 Å². The van der Waals surface area contributed by atoms with Crippen LogP contribution in [-0.2, 0) is 4.74 Å². The first-order valence-electron chi connectivity index (χ1n) is 9.47. The normalized spacial score (nSPS) is 10.8. The van der Waals surface area contributed by atoms with Crippen molar-refractivity contribution in [1.29, 1.82) is 5.26 Å². The number of ether oxygens (including phenoxy) is 1. The fraction of sp³-hybridized carbons (Fsp3) is 0.174. The molecule has 0 amide bonds. The number of hydrogen-bond acceptors (Lipinski definition) is 5. The summed E-state index contributed by atoms with van der Waals surface area (Å²) >= 11 is 0. The van der Waals surface area contributed by atoms with Crippen LogP contribution in [0.25, 0.3) is 16.7 Å². The van der Waals surface area contributed by atoms with Gasteiger partial charge < -0.3 is 10.1 Å². The third-order valence-corrected chi connectivity index (χ3v) is 4.71. The van der Waals surface area contributed by atoms with Crippen molar-refractivity contribution in [2.24, 2.45) is 0 Å². The average molecular weight is 384 g/mol. The topological polar surface area (TPSA) is 79.4 Å². The molecule has 2 aromatic heterocycles. The van der Waals surface area contributed by atoms with Crippen molar-refractivity contribution in [3.05, 3.63) is 71.3 Å². The first kappa shape index (κ1) is 18.5. The highest BCUT2D eigenvalue weighted by atomic mass is 16.5. The van der Waals surface area contributed by atoms with Gasteiger partial charge in [-0.2, -0.15) is 5.26 Å². The maximum absolute atomic E-state index is 12.0. The molecule has 0 saturated carbocycles. The zero-order valence-electron chi connectivity index (χ0n) is 16.3. The number of rotatable bonds is 5. The Morgan fingerprint density at radius 3 is 2.69 bits per heavy atom. The molecule has 144 valence electrons. The third kappa shape index (κ3) is 3.39. The van der Waals surface area contributed by atoms with Crippen LogP contribution in [0.2, 0.25) is 0 Å². The summed E-state index contributed by atoms with van der Waals surface area (Å²) in [6, 6.07) is 19.1. The predicted molar refractivity (Wildman–Crippen MR) is 112 cm³/mol. The van der Waals surface area contributed by atoms with E-state index < -0.39 is 0 Å². The van der Waals surface area contributed by atoms with Crippen LogP contribution in [0, 0.1) is 18.3 Å². The molecule has 0 saturated heterocycles. The first-order chi connectivity index (χ1) is 14.1. The molecule has 4 rings (SSSR count). The van der Waals surface area contributed by atoms with E-state index in [1.807, 2.05) is 60.7 Å². The molecule has 4 aromatic rings. The Bertz CT molecular complexity index is 1250. The Hall–Kier alpha value is -3.85. The zero-order valence-corrected chi connectivity index (χ0v) is 16.3. The summed E-state index contributed by atoms with van der Waals surface area (Å²) in [6.45, 7) is 4.27. The van der Waals surface area contributed by atoms with E-state index in [0.29, 0.717) is 23.4 Å². The number of para-hydroxylation sites is 2. The Morgan fingerprint density at radius 1 is 1.21 bits per heavy atom. The fourth-order valence-corrected chi connectivity index (χ4v) is 3.30. The Morgan fingerprint density at radius 2 is 1.97 bits per heavy atom. The number of carbonyl (C=O) groups excluding carboxylic acids is 1. The van der Waals surface area contributed by atoms with Crippen molar-refractivity contribution < 1.29 is 9.53 Å². The van der Waals surface area contributed by atoms with Gasteiger partial charge >= 0.3 is 5.97 Å². The molecule has 1 N–H and O–H groups in total. The van der Waals surface area contributed by atoms with Crippen LogP contribution in [0.15, 0.2) is 54.6 Å². The highest BCUT2D eigenvalue weighted by Gasteiger charge is 2.15. The van der Waals surface area contributed by atoms with Crippen molar-refractivity contribution in [2.45, 2.75) is 20.3 Å². The second-order valence-electron chi connectivity index (χ2n) is 6.80. The van der Waals surface area contributed by atoms with Crippen LogP contribution < -0.4 is 5.32 Å². The lowest BCUT2D eigenvalue weighted by Crippen LogP contribution is -2.06. The third-order valence-electron chi connectivity index (χ3n) is 4.71. The highest BCUT2D eigenvalue weighted by Crippen LogP contribution is 2.28. The van der Waals surface area contributed by atoms with Crippen molar-refractivity contribution in [3.8, 4) is 6.07 Å². The molecule has 0 bridgehead atoms. The van der Waals surface area contributed by atoms with Gasteiger partial charge in [0.2, 0.25) is 0 Å². The van der Waals surface area contributed by atoms with E-state index in [1.165, 1.54) is 0 Å². The van der Waals surface area contributed by atoms with Gasteiger partial charge in [0.25, 0.3) is 0 Å². The van der Waals surface area contributed by atoms with Gasteiger partial charge in [0.15, 0.2) is 5.65 Å². The number of benzene rings is 2. The average Bonchev–Trinajstić information content (AvgIpc) is 3.12. The molecule has 29 heavy (non-hydrogen) atoms. The number of hydrogen-bond donors (Lipinski definition) is 1. The molecular formula is C23H20N4O2. The summed E-state index contributed by atoms with van der Waals surface area (Å²) in [4.78, 5) is 16.6. The number of esters is 1. The minimum Gasteiger partial charge on any atom is -0.462 e. The summed E-state index contributed by atoms with van der Waals surface area (Å²) in [7, 11) is 0. The fourth-order valence-electron chi connectivity index (χ4n) is 3.30. The number of anilines is 2. The van der Waals surface area contributed by atoms with Crippen LogP contribution in [0.4, 0.5) is 11.5 Å². The lowest BCUT2D eigenvalue weighted by molar-refractivity contribution is 0.0505. The second kappa shape index (κ2) is 7.64. The number of imidazole rings is 1. The largest absolute Gasteiger partial charge is 0.462 e. The summed E-state index contributed by atoms with van der Waals surface area (Å²) in [6.07, 6.45) is 0.790. The minimum atomic E-state index is -0.324. The Balaban J connectivity index is 1.75. The number of nitrogens with one attached hydrogen (secondary N) is 1. The molecular weight excluding hydrogens is 364 g/mol. The maximum Gasteiger partial charge on any atom is 0.338 e. The van der Waals surface area contributed by atoms with Crippen LogP contribution >= 0.6 is 0 Å². The van der Waals surface area contributed by atoms with Gasteiger partial charge in [-0.3, -0.25) is 4.40 Å². The molecule has 0 aliphatic rings. The molecule has 2 aromatic carbocycles. The molecule has 0 aliphatic carbocycles. The minimum absolute atomic E-state index is 0.324. The number of nitrogens with zero attached hydrogens (tertiary/aromatic N) is 3. The second-order valence-corrected chi connectivity index (χ2v) is 6.80. The molecule has 0 fully saturated rings. The molecule has 6 heteroatoms. The number of nitriles is 1. The quantitative estimate of drug-likeness (QED) is 0.491. The first-order valence-corrected chi connectivity index (χ1v) is 9.47. The standard InChI is InChI=1S/C23H20N4O2/c1-3-12-29-23(28)16-8-10-17(11-9-16)25-21-13-15(2)18(14-24)22-26-19-6-4-5-7-20(19)27(21)22/h4-11,13,25H,3,12H2,1-2H3. The number of fused-ring (bicyclic) bond motifs is 3. The van der Waals surface area contributed by atoms with Crippen LogP contribution in [0.1, 0.15) is 34.8 Å².